The summed E-state index contributed by atoms with van der Waals surface area (Å²) in [5.74, 6) is -0.808. The first-order valence-corrected chi connectivity index (χ1v) is 5.82. The quantitative estimate of drug-likeness (QED) is 0.717. The van der Waals surface area contributed by atoms with Crippen LogP contribution in [0.4, 0.5) is 0 Å². The summed E-state index contributed by atoms with van der Waals surface area (Å²) < 4.78 is 0. The Morgan fingerprint density at radius 1 is 1.62 bits per heavy atom. The van der Waals surface area contributed by atoms with Gasteiger partial charge in [-0.1, -0.05) is 6.92 Å². The van der Waals surface area contributed by atoms with E-state index in [0.29, 0.717) is 6.42 Å². The fourth-order valence-corrected chi connectivity index (χ4v) is 1.99. The number of carboxylic acid groups (broad SMARTS) is 1. The third-order valence-electron chi connectivity index (χ3n) is 2.88. The molecule has 1 amide bonds. The lowest BCUT2D eigenvalue weighted by Gasteiger charge is -2.38. The van der Waals surface area contributed by atoms with Crippen LogP contribution in [0.1, 0.15) is 33.1 Å². The molecule has 5 heteroatoms. The summed E-state index contributed by atoms with van der Waals surface area (Å²) in [5.41, 5.74) is 0. The van der Waals surface area contributed by atoms with Crippen LogP contribution >= 0.6 is 0 Å². The molecule has 0 saturated carbocycles. The number of rotatable bonds is 5. The summed E-state index contributed by atoms with van der Waals surface area (Å²) in [6.07, 6.45) is 1.35. The molecule has 0 aromatic rings. The zero-order valence-electron chi connectivity index (χ0n) is 9.90. The van der Waals surface area contributed by atoms with Crippen LogP contribution in [0.2, 0.25) is 0 Å². The molecule has 2 atom stereocenters. The number of carboxylic acids is 1. The van der Waals surface area contributed by atoms with Gasteiger partial charge < -0.3 is 15.3 Å². The molecule has 0 aliphatic carbocycles. The van der Waals surface area contributed by atoms with Gasteiger partial charge in [-0.2, -0.15) is 0 Å². The molecule has 16 heavy (non-hydrogen) atoms. The highest BCUT2D eigenvalue weighted by molar-refractivity contribution is 5.83. The molecule has 0 spiro atoms. The Balaban J connectivity index is 2.54. The molecule has 0 bridgehead atoms. The maximum Gasteiger partial charge on any atom is 0.303 e. The van der Waals surface area contributed by atoms with Gasteiger partial charge in [0.2, 0.25) is 5.91 Å². The second-order valence-electron chi connectivity index (χ2n) is 4.27. The van der Waals surface area contributed by atoms with E-state index in [0.717, 1.165) is 19.5 Å². The minimum absolute atomic E-state index is 0.0394. The Labute approximate surface area is 95.8 Å². The second-order valence-corrected chi connectivity index (χ2v) is 4.27. The van der Waals surface area contributed by atoms with Gasteiger partial charge in [-0.05, 0) is 19.8 Å². The van der Waals surface area contributed by atoms with E-state index in [9.17, 15) is 9.59 Å². The number of hydrogen-bond acceptors (Lipinski definition) is 3. The van der Waals surface area contributed by atoms with E-state index >= 15 is 0 Å². The van der Waals surface area contributed by atoms with E-state index in [1.165, 1.54) is 0 Å². The number of nitrogens with one attached hydrogen (secondary N) is 1. The fourth-order valence-electron chi connectivity index (χ4n) is 1.99. The average molecular weight is 228 g/mol. The minimum Gasteiger partial charge on any atom is -0.481 e. The molecular weight excluding hydrogens is 208 g/mol. The van der Waals surface area contributed by atoms with Gasteiger partial charge in [-0.15, -0.1) is 0 Å². The molecular formula is C11H20N2O3. The van der Waals surface area contributed by atoms with Gasteiger partial charge in [0.05, 0.1) is 6.04 Å². The lowest BCUT2D eigenvalue weighted by atomic mass is 10.0. The van der Waals surface area contributed by atoms with Crippen molar-refractivity contribution in [1.29, 1.82) is 0 Å². The van der Waals surface area contributed by atoms with Crippen molar-refractivity contribution >= 4 is 11.9 Å². The van der Waals surface area contributed by atoms with E-state index in [2.05, 4.69) is 5.32 Å². The standard InChI is InChI=1S/C11H20N2O3/c1-3-6-13-8(2)7-12-9(11(13)16)4-5-10(14)15/h8-9,12H,3-7H2,1-2H3,(H,14,15). The summed E-state index contributed by atoms with van der Waals surface area (Å²) in [6.45, 7) is 5.55. The van der Waals surface area contributed by atoms with Crippen LogP contribution in [0.15, 0.2) is 0 Å². The Morgan fingerprint density at radius 3 is 2.88 bits per heavy atom. The summed E-state index contributed by atoms with van der Waals surface area (Å²) >= 11 is 0. The minimum atomic E-state index is -0.852. The summed E-state index contributed by atoms with van der Waals surface area (Å²) in [5, 5.41) is 11.7. The number of carbonyl (C=O) groups is 2. The van der Waals surface area contributed by atoms with E-state index in [1.807, 2.05) is 18.7 Å². The van der Waals surface area contributed by atoms with Gasteiger partial charge in [-0.3, -0.25) is 9.59 Å². The third-order valence-corrected chi connectivity index (χ3v) is 2.88. The maximum absolute atomic E-state index is 12.0. The van der Waals surface area contributed by atoms with Crippen molar-refractivity contribution in [2.24, 2.45) is 0 Å². The van der Waals surface area contributed by atoms with Crippen molar-refractivity contribution in [2.45, 2.75) is 45.2 Å². The first kappa shape index (κ1) is 13.0. The summed E-state index contributed by atoms with van der Waals surface area (Å²) in [4.78, 5) is 24.3. The van der Waals surface area contributed by atoms with Crippen LogP contribution in [0, 0.1) is 0 Å². The molecule has 2 unspecified atom stereocenters. The van der Waals surface area contributed by atoms with E-state index in [-0.39, 0.29) is 24.4 Å². The van der Waals surface area contributed by atoms with Crippen LogP contribution in [-0.4, -0.2) is 47.1 Å². The zero-order valence-corrected chi connectivity index (χ0v) is 9.90. The van der Waals surface area contributed by atoms with E-state index in [4.69, 9.17) is 5.11 Å². The largest absolute Gasteiger partial charge is 0.481 e. The van der Waals surface area contributed by atoms with Gasteiger partial charge in [0, 0.05) is 25.6 Å². The maximum atomic E-state index is 12.0. The van der Waals surface area contributed by atoms with Crippen molar-refractivity contribution in [3.05, 3.63) is 0 Å². The normalized spacial score (nSPS) is 25.9. The first-order valence-electron chi connectivity index (χ1n) is 5.82. The summed E-state index contributed by atoms with van der Waals surface area (Å²) in [7, 11) is 0. The molecule has 1 saturated heterocycles. The Morgan fingerprint density at radius 2 is 2.31 bits per heavy atom. The van der Waals surface area contributed by atoms with Crippen molar-refractivity contribution in [1.82, 2.24) is 10.2 Å². The monoisotopic (exact) mass is 228 g/mol. The van der Waals surface area contributed by atoms with Crippen LogP contribution in [0.3, 0.4) is 0 Å². The van der Waals surface area contributed by atoms with Crippen molar-refractivity contribution < 1.29 is 14.7 Å². The third kappa shape index (κ3) is 3.20. The Bertz CT molecular complexity index is 268. The van der Waals surface area contributed by atoms with Crippen LogP contribution in [0.25, 0.3) is 0 Å². The molecule has 1 rings (SSSR count). The molecule has 92 valence electrons. The highest BCUT2D eigenvalue weighted by Gasteiger charge is 2.31. The average Bonchev–Trinajstić information content (AvgIpc) is 2.23. The van der Waals surface area contributed by atoms with Crippen LogP contribution < -0.4 is 5.32 Å². The number of piperazine rings is 1. The lowest BCUT2D eigenvalue weighted by molar-refractivity contribution is -0.140. The Kier molecular flexibility index (Phi) is 4.73. The van der Waals surface area contributed by atoms with Crippen LogP contribution in [0.5, 0.6) is 0 Å². The second kappa shape index (κ2) is 5.84. The SMILES string of the molecule is CCCN1C(=O)C(CCC(=O)O)NCC1C. The molecule has 0 aromatic heterocycles. The molecule has 0 radical (unpaired) electrons. The molecule has 1 fully saturated rings. The van der Waals surface area contributed by atoms with Crippen molar-refractivity contribution in [2.75, 3.05) is 13.1 Å². The number of carbonyl (C=O) groups excluding carboxylic acids is 1. The molecule has 0 aromatic carbocycles. The molecule has 2 N–H and O–H groups in total. The first-order chi connectivity index (χ1) is 7.56. The Hall–Kier alpha value is -1.10. The number of amides is 1. The molecule has 1 heterocycles. The van der Waals surface area contributed by atoms with Gasteiger partial charge >= 0.3 is 5.97 Å². The lowest BCUT2D eigenvalue weighted by Crippen LogP contribution is -2.59. The smallest absolute Gasteiger partial charge is 0.303 e. The van der Waals surface area contributed by atoms with Crippen molar-refractivity contribution in [3.8, 4) is 0 Å². The number of hydrogen-bond donors (Lipinski definition) is 2. The topological polar surface area (TPSA) is 69.6 Å². The zero-order chi connectivity index (χ0) is 12.1. The van der Waals surface area contributed by atoms with E-state index in [1.54, 1.807) is 0 Å². The van der Waals surface area contributed by atoms with Gasteiger partial charge in [-0.25, -0.2) is 0 Å². The molecule has 5 nitrogen and oxygen atoms in total. The van der Waals surface area contributed by atoms with Gasteiger partial charge in [0.1, 0.15) is 0 Å². The number of aliphatic carboxylic acids is 1. The predicted molar refractivity (Wildman–Crippen MR) is 60.1 cm³/mol. The van der Waals surface area contributed by atoms with Gasteiger partial charge in [0.15, 0.2) is 0 Å². The number of nitrogens with zero attached hydrogens (tertiary/aromatic N) is 1. The molecule has 1 aliphatic heterocycles. The van der Waals surface area contributed by atoms with Crippen molar-refractivity contribution in [3.63, 3.8) is 0 Å². The highest BCUT2D eigenvalue weighted by atomic mass is 16.4. The summed E-state index contributed by atoms with van der Waals surface area (Å²) in [6, 6.07) is -0.118. The fraction of sp³-hybridized carbons (Fsp3) is 0.818. The highest BCUT2D eigenvalue weighted by Crippen LogP contribution is 2.12. The van der Waals surface area contributed by atoms with Crippen LogP contribution in [-0.2, 0) is 9.59 Å². The van der Waals surface area contributed by atoms with E-state index < -0.39 is 5.97 Å². The van der Waals surface area contributed by atoms with Gasteiger partial charge in [0.25, 0.3) is 0 Å². The molecule has 1 aliphatic rings. The predicted octanol–water partition coefficient (Wildman–Crippen LogP) is 0.450.